The summed E-state index contributed by atoms with van der Waals surface area (Å²) >= 11 is 1.43. The summed E-state index contributed by atoms with van der Waals surface area (Å²) in [5.41, 5.74) is 2.32. The third-order valence-electron chi connectivity index (χ3n) is 3.25. The smallest absolute Gasteiger partial charge is 0.387 e. The molecule has 0 aliphatic rings. The van der Waals surface area contributed by atoms with Gasteiger partial charge < -0.3 is 4.74 Å². The van der Waals surface area contributed by atoms with Crippen LogP contribution in [0.25, 0.3) is 11.3 Å². The molecule has 0 aliphatic heterocycles. The van der Waals surface area contributed by atoms with Gasteiger partial charge in [0.1, 0.15) is 5.75 Å². The molecular weight excluding hydrogens is 346 g/mol. The lowest BCUT2D eigenvalue weighted by molar-refractivity contribution is -0.0498. The number of rotatable bonds is 5. The van der Waals surface area contributed by atoms with Gasteiger partial charge in [0, 0.05) is 24.2 Å². The molecule has 1 aromatic carbocycles. The number of halogens is 2. The van der Waals surface area contributed by atoms with Crippen molar-refractivity contribution in [1.82, 2.24) is 9.66 Å². The Balaban J connectivity index is 1.95. The molecule has 0 unspecified atom stereocenters. The maximum atomic E-state index is 12.3. The molecule has 2 heterocycles. The van der Waals surface area contributed by atoms with Crippen LogP contribution in [-0.2, 0) is 0 Å². The van der Waals surface area contributed by atoms with Crippen LogP contribution in [0.15, 0.2) is 64.1 Å². The van der Waals surface area contributed by atoms with Crippen LogP contribution in [0.4, 0.5) is 8.78 Å². The van der Waals surface area contributed by atoms with Gasteiger partial charge in [0.05, 0.1) is 17.6 Å². The van der Waals surface area contributed by atoms with Crippen molar-refractivity contribution in [2.75, 3.05) is 7.05 Å². The van der Waals surface area contributed by atoms with E-state index in [0.29, 0.717) is 4.80 Å². The summed E-state index contributed by atoms with van der Waals surface area (Å²) in [6, 6.07) is 11.9. The number of thiazole rings is 1. The second-order valence-electron chi connectivity index (χ2n) is 4.84. The Morgan fingerprint density at radius 2 is 2.00 bits per heavy atom. The third kappa shape index (κ3) is 4.16. The number of alkyl halides is 2. The van der Waals surface area contributed by atoms with E-state index in [2.05, 4.69) is 19.8 Å². The van der Waals surface area contributed by atoms with Gasteiger partial charge in [-0.05, 0) is 36.4 Å². The summed E-state index contributed by atoms with van der Waals surface area (Å²) in [6.07, 6.45) is 3.33. The molecule has 0 saturated carbocycles. The maximum absolute atomic E-state index is 12.3. The van der Waals surface area contributed by atoms with Gasteiger partial charge in [0.15, 0.2) is 0 Å². The fourth-order valence-electron chi connectivity index (χ4n) is 2.14. The Morgan fingerprint density at radius 3 is 2.64 bits per heavy atom. The predicted octanol–water partition coefficient (Wildman–Crippen LogP) is 3.63. The van der Waals surface area contributed by atoms with Gasteiger partial charge in [-0.1, -0.05) is 6.07 Å². The summed E-state index contributed by atoms with van der Waals surface area (Å²) in [4.78, 5) is 9.11. The van der Waals surface area contributed by atoms with Gasteiger partial charge in [-0.3, -0.25) is 9.98 Å². The largest absolute Gasteiger partial charge is 0.435 e. The van der Waals surface area contributed by atoms with Gasteiger partial charge >= 0.3 is 6.61 Å². The van der Waals surface area contributed by atoms with E-state index in [0.717, 1.165) is 17.0 Å². The van der Waals surface area contributed by atoms with Crippen molar-refractivity contribution >= 4 is 17.6 Å². The minimum atomic E-state index is -2.84. The van der Waals surface area contributed by atoms with Crippen molar-refractivity contribution in [3.8, 4) is 17.0 Å². The average Bonchev–Trinajstić information content (AvgIpc) is 3.04. The normalized spacial score (nSPS) is 12.2. The quantitative estimate of drug-likeness (QED) is 0.653. The highest BCUT2D eigenvalue weighted by atomic mass is 32.1. The standard InChI is InChI=1S/C17H14F2N4OS/c1-20-17-23(22-10-13-4-2-3-9-21-13)15(11-25-17)12-5-7-14(8-6-12)24-16(18)19/h2-11,16H,1H3/b20-17?,22-10-. The summed E-state index contributed by atoms with van der Waals surface area (Å²) in [6.45, 7) is -2.84. The molecule has 5 nitrogen and oxygen atoms in total. The van der Waals surface area contributed by atoms with Crippen LogP contribution in [0.5, 0.6) is 5.75 Å². The molecule has 0 aliphatic carbocycles. The van der Waals surface area contributed by atoms with Gasteiger partial charge in [-0.15, -0.1) is 11.3 Å². The van der Waals surface area contributed by atoms with Crippen LogP contribution in [0, 0.1) is 0 Å². The fraction of sp³-hybridized carbons (Fsp3) is 0.118. The van der Waals surface area contributed by atoms with Crippen molar-refractivity contribution in [3.63, 3.8) is 0 Å². The van der Waals surface area contributed by atoms with E-state index in [9.17, 15) is 8.78 Å². The molecule has 2 aromatic heterocycles. The summed E-state index contributed by atoms with van der Waals surface area (Å²) < 4.78 is 30.6. The SMILES string of the molecule is CN=c1scc(-c2ccc(OC(F)F)cc2)n1/N=C\c1ccccn1. The van der Waals surface area contributed by atoms with Crippen LogP contribution >= 0.6 is 11.3 Å². The molecule has 3 rings (SSSR count). The van der Waals surface area contributed by atoms with Crippen LogP contribution in [0.3, 0.4) is 0 Å². The summed E-state index contributed by atoms with van der Waals surface area (Å²) in [5, 5.41) is 6.35. The van der Waals surface area contributed by atoms with Crippen LogP contribution < -0.4 is 9.54 Å². The molecule has 0 saturated heterocycles. The Morgan fingerprint density at radius 1 is 1.20 bits per heavy atom. The van der Waals surface area contributed by atoms with E-state index < -0.39 is 6.61 Å². The number of pyridine rings is 1. The lowest BCUT2D eigenvalue weighted by atomic mass is 10.2. The Bertz CT molecular complexity index is 918. The molecular formula is C17H14F2N4OS. The minimum Gasteiger partial charge on any atom is -0.435 e. The molecule has 3 aromatic rings. The first kappa shape index (κ1) is 17.0. The number of aromatic nitrogens is 2. The Kier molecular flexibility index (Phi) is 5.30. The molecule has 25 heavy (non-hydrogen) atoms. The zero-order valence-corrected chi connectivity index (χ0v) is 14.0. The maximum Gasteiger partial charge on any atom is 0.387 e. The molecule has 0 amide bonds. The number of hydrogen-bond acceptors (Lipinski definition) is 5. The first-order chi connectivity index (χ1) is 12.2. The van der Waals surface area contributed by atoms with Crippen LogP contribution in [0.1, 0.15) is 5.69 Å². The zero-order chi connectivity index (χ0) is 17.6. The lowest BCUT2D eigenvalue weighted by Crippen LogP contribution is -2.11. The zero-order valence-electron chi connectivity index (χ0n) is 13.2. The second kappa shape index (κ2) is 7.80. The highest BCUT2D eigenvalue weighted by Gasteiger charge is 2.09. The van der Waals surface area contributed by atoms with E-state index >= 15 is 0 Å². The van der Waals surface area contributed by atoms with Gasteiger partial charge in [-0.2, -0.15) is 13.9 Å². The molecule has 0 radical (unpaired) electrons. The molecule has 0 N–H and O–H groups in total. The molecule has 0 bridgehead atoms. The van der Waals surface area contributed by atoms with Gasteiger partial charge in [0.25, 0.3) is 0 Å². The number of benzene rings is 1. The number of hydrogen-bond donors (Lipinski definition) is 0. The van der Waals surface area contributed by atoms with Gasteiger partial charge in [-0.25, -0.2) is 4.68 Å². The fourth-order valence-corrected chi connectivity index (χ4v) is 2.94. The van der Waals surface area contributed by atoms with E-state index in [1.165, 1.54) is 23.5 Å². The van der Waals surface area contributed by atoms with E-state index in [1.807, 2.05) is 23.6 Å². The number of ether oxygens (including phenoxy) is 1. The van der Waals surface area contributed by atoms with Crippen LogP contribution in [0.2, 0.25) is 0 Å². The molecule has 0 spiro atoms. The van der Waals surface area contributed by atoms with E-state index in [4.69, 9.17) is 0 Å². The first-order valence-electron chi connectivity index (χ1n) is 7.31. The van der Waals surface area contributed by atoms with Crippen molar-refractivity contribution in [3.05, 3.63) is 64.5 Å². The Hall–Kier alpha value is -2.87. The predicted molar refractivity (Wildman–Crippen MR) is 93.1 cm³/mol. The van der Waals surface area contributed by atoms with Crippen molar-refractivity contribution < 1.29 is 13.5 Å². The second-order valence-corrected chi connectivity index (χ2v) is 5.68. The van der Waals surface area contributed by atoms with Crippen molar-refractivity contribution in [2.24, 2.45) is 10.1 Å². The lowest BCUT2D eigenvalue weighted by Gasteiger charge is -2.06. The monoisotopic (exact) mass is 360 g/mol. The van der Waals surface area contributed by atoms with Gasteiger partial charge in [0.2, 0.25) is 4.80 Å². The van der Waals surface area contributed by atoms with E-state index in [1.54, 1.807) is 36.3 Å². The molecule has 0 fully saturated rings. The highest BCUT2D eigenvalue weighted by Crippen LogP contribution is 2.24. The molecule has 8 heteroatoms. The number of nitrogens with zero attached hydrogens (tertiary/aromatic N) is 4. The first-order valence-corrected chi connectivity index (χ1v) is 8.19. The summed E-state index contributed by atoms with van der Waals surface area (Å²) in [7, 11) is 1.68. The molecule has 0 atom stereocenters. The Labute approximate surface area is 146 Å². The third-order valence-corrected chi connectivity index (χ3v) is 4.15. The van der Waals surface area contributed by atoms with Crippen LogP contribution in [-0.4, -0.2) is 29.5 Å². The molecule has 128 valence electrons. The van der Waals surface area contributed by atoms with Crippen molar-refractivity contribution in [1.29, 1.82) is 0 Å². The van der Waals surface area contributed by atoms with Crippen molar-refractivity contribution in [2.45, 2.75) is 6.61 Å². The average molecular weight is 360 g/mol. The minimum absolute atomic E-state index is 0.109. The topological polar surface area (TPSA) is 51.8 Å². The summed E-state index contributed by atoms with van der Waals surface area (Å²) in [5.74, 6) is 0.109. The van der Waals surface area contributed by atoms with E-state index in [-0.39, 0.29) is 5.75 Å². The highest BCUT2D eigenvalue weighted by molar-refractivity contribution is 7.07.